The quantitative estimate of drug-likeness (QED) is 0.350. The van der Waals surface area contributed by atoms with E-state index in [1.54, 1.807) is 12.1 Å². The van der Waals surface area contributed by atoms with Gasteiger partial charge in [-0.05, 0) is 53.5 Å². The molecule has 2 rings (SSSR count). The van der Waals surface area contributed by atoms with Crippen molar-refractivity contribution in [3.05, 3.63) is 27.3 Å². The number of aryl methyl sites for hydroxylation is 1. The van der Waals surface area contributed by atoms with Crippen molar-refractivity contribution in [1.82, 2.24) is 9.55 Å². The second-order valence-corrected chi connectivity index (χ2v) is 7.04. The molecule has 1 aromatic heterocycles. The fourth-order valence-electron chi connectivity index (χ4n) is 2.21. The number of unbranched alkanes of at least 4 members (excludes halogenated alkanes) is 2. The van der Waals surface area contributed by atoms with Gasteiger partial charge in [0.25, 0.3) is 0 Å². The molecule has 0 saturated heterocycles. The van der Waals surface area contributed by atoms with Gasteiger partial charge in [-0.3, -0.25) is 0 Å². The molecule has 0 fully saturated rings. The minimum Gasteiger partial charge on any atom is -0.327 e. The van der Waals surface area contributed by atoms with Gasteiger partial charge in [-0.1, -0.05) is 6.42 Å². The first-order valence-corrected chi connectivity index (χ1v) is 9.57. The maximum absolute atomic E-state index is 13.7. The van der Waals surface area contributed by atoms with Crippen molar-refractivity contribution in [2.45, 2.75) is 31.7 Å². The van der Waals surface area contributed by atoms with Crippen LogP contribution < -0.4 is 0 Å². The van der Waals surface area contributed by atoms with E-state index < -0.39 is 0 Å². The van der Waals surface area contributed by atoms with Crippen molar-refractivity contribution in [3.63, 3.8) is 0 Å². The molecular weight excluding hydrogens is 410 g/mol. The van der Waals surface area contributed by atoms with Gasteiger partial charge < -0.3 is 4.57 Å². The molecule has 0 aliphatic rings. The van der Waals surface area contributed by atoms with Crippen LogP contribution >= 0.6 is 46.0 Å². The topological polar surface area (TPSA) is 17.8 Å². The van der Waals surface area contributed by atoms with Crippen LogP contribution in [0.4, 0.5) is 4.39 Å². The zero-order valence-electron chi connectivity index (χ0n) is 11.3. The summed E-state index contributed by atoms with van der Waals surface area (Å²) < 4.78 is 16.4. The Morgan fingerprint density at radius 3 is 2.85 bits per heavy atom. The summed E-state index contributed by atoms with van der Waals surface area (Å²) in [5.41, 5.74) is 1.68. The van der Waals surface area contributed by atoms with Gasteiger partial charge in [0.1, 0.15) is 11.6 Å². The first-order chi connectivity index (χ1) is 9.67. The van der Waals surface area contributed by atoms with Crippen LogP contribution in [-0.2, 0) is 12.4 Å². The van der Waals surface area contributed by atoms with E-state index >= 15 is 0 Å². The average Bonchev–Trinajstić information content (AvgIpc) is 2.76. The zero-order chi connectivity index (χ0) is 14.5. The lowest BCUT2D eigenvalue weighted by atomic mass is 10.2. The molecule has 20 heavy (non-hydrogen) atoms. The highest BCUT2D eigenvalue weighted by atomic mass is 127. The van der Waals surface area contributed by atoms with Gasteiger partial charge in [-0.15, -0.1) is 11.6 Å². The number of hydrogen-bond acceptors (Lipinski definition) is 2. The Bertz CT molecular complexity index is 588. The lowest BCUT2D eigenvalue weighted by molar-refractivity contribution is 0.597. The Balaban J connectivity index is 2.19. The van der Waals surface area contributed by atoms with Gasteiger partial charge in [0.15, 0.2) is 0 Å². The molecule has 0 aliphatic carbocycles. The van der Waals surface area contributed by atoms with Crippen LogP contribution in [0.25, 0.3) is 11.0 Å². The summed E-state index contributed by atoms with van der Waals surface area (Å²) in [5.74, 6) is 2.19. The van der Waals surface area contributed by atoms with Gasteiger partial charge in [0.05, 0.1) is 20.5 Å². The van der Waals surface area contributed by atoms with E-state index in [-0.39, 0.29) is 5.82 Å². The van der Waals surface area contributed by atoms with E-state index in [1.165, 1.54) is 18.6 Å². The van der Waals surface area contributed by atoms with Crippen molar-refractivity contribution in [2.24, 2.45) is 0 Å². The maximum atomic E-state index is 13.7. The van der Waals surface area contributed by atoms with E-state index in [0.29, 0.717) is 9.45 Å². The smallest absolute Gasteiger partial charge is 0.138 e. The molecule has 0 bridgehead atoms. The number of benzene rings is 1. The molecule has 2 aromatic rings. The Morgan fingerprint density at radius 2 is 2.15 bits per heavy atom. The predicted octanol–water partition coefficient (Wildman–Crippen LogP) is 5.05. The second-order valence-electron chi connectivity index (χ2n) is 4.62. The fraction of sp³-hybridized carbons (Fsp3) is 0.500. The number of aromatic nitrogens is 2. The Kier molecular flexibility index (Phi) is 6.42. The number of nitrogens with zero attached hydrogens (tertiary/aromatic N) is 2. The summed E-state index contributed by atoms with van der Waals surface area (Å²) in [6, 6.07) is 3.35. The zero-order valence-corrected chi connectivity index (χ0v) is 15.1. The summed E-state index contributed by atoms with van der Waals surface area (Å²) in [7, 11) is 0. The molecule has 0 unspecified atom stereocenters. The molecule has 0 spiro atoms. The molecule has 0 N–H and O–H groups in total. The third-order valence-electron chi connectivity index (χ3n) is 3.22. The van der Waals surface area contributed by atoms with Crippen LogP contribution in [0.15, 0.2) is 12.1 Å². The highest BCUT2D eigenvalue weighted by Gasteiger charge is 2.12. The summed E-state index contributed by atoms with van der Waals surface area (Å²) in [5, 5.41) is 0. The van der Waals surface area contributed by atoms with Gasteiger partial charge in [-0.25, -0.2) is 9.37 Å². The van der Waals surface area contributed by atoms with Crippen LogP contribution in [0.5, 0.6) is 0 Å². The van der Waals surface area contributed by atoms with Crippen molar-refractivity contribution >= 4 is 57.0 Å². The number of thioether (sulfide) groups is 1. The van der Waals surface area contributed by atoms with Crippen molar-refractivity contribution in [3.8, 4) is 0 Å². The number of fused-ring (bicyclic) bond motifs is 1. The normalized spacial score (nSPS) is 11.4. The summed E-state index contributed by atoms with van der Waals surface area (Å²) >= 11 is 9.83. The van der Waals surface area contributed by atoms with E-state index in [9.17, 15) is 4.39 Å². The van der Waals surface area contributed by atoms with Crippen molar-refractivity contribution in [1.29, 1.82) is 0 Å². The van der Waals surface area contributed by atoms with Gasteiger partial charge in [0.2, 0.25) is 0 Å². The number of imidazole rings is 1. The minimum absolute atomic E-state index is 0.192. The molecule has 2 nitrogen and oxygen atoms in total. The fourth-order valence-corrected chi connectivity index (χ4v) is 3.36. The molecule has 6 heteroatoms. The Morgan fingerprint density at radius 1 is 1.35 bits per heavy atom. The molecule has 0 atom stereocenters. The first kappa shape index (κ1) is 16.4. The first-order valence-electron chi connectivity index (χ1n) is 6.56. The van der Waals surface area contributed by atoms with Gasteiger partial charge in [0, 0.05) is 12.6 Å². The van der Waals surface area contributed by atoms with Crippen LogP contribution in [0, 0.1) is 9.39 Å². The van der Waals surface area contributed by atoms with Crippen LogP contribution in [0.1, 0.15) is 25.1 Å². The average molecular weight is 427 g/mol. The predicted molar refractivity (Wildman–Crippen MR) is 94.2 cm³/mol. The lowest BCUT2D eigenvalue weighted by Gasteiger charge is -2.07. The monoisotopic (exact) mass is 426 g/mol. The Hall–Kier alpha value is -0.0100. The summed E-state index contributed by atoms with van der Waals surface area (Å²) in [6.45, 7) is 0.854. The highest BCUT2D eigenvalue weighted by molar-refractivity contribution is 14.1. The third kappa shape index (κ3) is 3.80. The van der Waals surface area contributed by atoms with E-state index in [1.807, 2.05) is 34.4 Å². The number of rotatable bonds is 7. The van der Waals surface area contributed by atoms with Crippen molar-refractivity contribution < 1.29 is 4.39 Å². The van der Waals surface area contributed by atoms with Gasteiger partial charge in [-0.2, -0.15) is 11.8 Å². The third-order valence-corrected chi connectivity index (χ3v) is 4.98. The molecule has 1 heterocycles. The lowest BCUT2D eigenvalue weighted by Crippen LogP contribution is -2.03. The SMILES string of the molecule is CSCCCCCn1c(CCl)nc2cc(I)c(F)cc21. The Labute approximate surface area is 141 Å². The van der Waals surface area contributed by atoms with E-state index in [0.717, 1.165) is 29.8 Å². The van der Waals surface area contributed by atoms with E-state index in [4.69, 9.17) is 11.6 Å². The standard InChI is InChI=1S/C14H17ClFIN2S/c1-20-6-4-2-3-5-19-13-7-10(16)11(17)8-12(13)18-14(19)9-15/h7-8H,2-6,9H2,1H3. The highest BCUT2D eigenvalue weighted by Crippen LogP contribution is 2.23. The molecular formula is C14H17ClFIN2S. The van der Waals surface area contributed by atoms with E-state index in [2.05, 4.69) is 15.8 Å². The molecule has 0 saturated carbocycles. The maximum Gasteiger partial charge on any atom is 0.138 e. The second kappa shape index (κ2) is 7.84. The summed E-state index contributed by atoms with van der Waals surface area (Å²) in [4.78, 5) is 4.50. The molecule has 0 aliphatic heterocycles. The molecule has 1 aromatic carbocycles. The molecule has 0 amide bonds. The minimum atomic E-state index is -0.192. The van der Waals surface area contributed by atoms with Crippen LogP contribution in [0.3, 0.4) is 0 Å². The van der Waals surface area contributed by atoms with Crippen LogP contribution in [-0.4, -0.2) is 21.6 Å². The van der Waals surface area contributed by atoms with Gasteiger partial charge >= 0.3 is 0 Å². The van der Waals surface area contributed by atoms with Crippen LogP contribution in [0.2, 0.25) is 0 Å². The number of halogens is 3. The molecule has 0 radical (unpaired) electrons. The largest absolute Gasteiger partial charge is 0.327 e. The van der Waals surface area contributed by atoms with Crippen molar-refractivity contribution in [2.75, 3.05) is 12.0 Å². The summed E-state index contributed by atoms with van der Waals surface area (Å²) in [6.07, 6.45) is 5.59. The number of hydrogen-bond donors (Lipinski definition) is 0. The number of alkyl halides is 1. The molecule has 110 valence electrons.